The highest BCUT2D eigenvalue weighted by atomic mass is 16.5. The highest BCUT2D eigenvalue weighted by Gasteiger charge is 2.34. The number of furan rings is 1. The molecule has 2 N–H and O–H groups in total. The predicted octanol–water partition coefficient (Wildman–Crippen LogP) is 1.89. The molecule has 0 saturated carbocycles. The number of piperidine rings is 1. The number of likely N-dealkylation sites (tertiary alicyclic amines) is 1. The van der Waals surface area contributed by atoms with E-state index in [4.69, 9.17) is 9.15 Å². The van der Waals surface area contributed by atoms with E-state index in [1.807, 2.05) is 30.3 Å². The molecule has 3 rings (SSSR count). The van der Waals surface area contributed by atoms with Gasteiger partial charge in [0.1, 0.15) is 11.5 Å². The molecule has 25 heavy (non-hydrogen) atoms. The van der Waals surface area contributed by atoms with Gasteiger partial charge in [-0.2, -0.15) is 0 Å². The predicted molar refractivity (Wildman–Crippen MR) is 93.1 cm³/mol. The summed E-state index contributed by atoms with van der Waals surface area (Å²) in [7, 11) is 1.62. The van der Waals surface area contributed by atoms with Gasteiger partial charge in [-0.05, 0) is 42.7 Å². The van der Waals surface area contributed by atoms with Crippen molar-refractivity contribution < 1.29 is 19.1 Å². The summed E-state index contributed by atoms with van der Waals surface area (Å²) in [4.78, 5) is 14.1. The van der Waals surface area contributed by atoms with Crippen LogP contribution in [-0.2, 0) is 16.9 Å². The monoisotopic (exact) mass is 344 g/mol. The maximum atomic E-state index is 12.0. The Hall–Kier alpha value is -2.31. The lowest BCUT2D eigenvalue weighted by molar-refractivity contribution is -0.123. The summed E-state index contributed by atoms with van der Waals surface area (Å²) in [6, 6.07) is 11.2. The minimum Gasteiger partial charge on any atom is -0.497 e. The van der Waals surface area contributed by atoms with Gasteiger partial charge in [0.25, 0.3) is 0 Å². The van der Waals surface area contributed by atoms with Gasteiger partial charge in [0, 0.05) is 13.1 Å². The van der Waals surface area contributed by atoms with Crippen LogP contribution in [0.2, 0.25) is 0 Å². The molecule has 1 aromatic heterocycles. The second-order valence-corrected chi connectivity index (χ2v) is 6.40. The standard InChI is InChI=1S/C19H24N2O4/c1-24-16-5-2-4-15(12-16)19(23)7-9-21(10-8-19)14-18(22)20-13-17-6-3-11-25-17/h2-6,11-12,23H,7-10,13-14H2,1H3,(H,20,22). The maximum Gasteiger partial charge on any atom is 0.234 e. The quantitative estimate of drug-likeness (QED) is 0.837. The first-order chi connectivity index (χ1) is 12.1. The summed E-state index contributed by atoms with van der Waals surface area (Å²) >= 11 is 0. The van der Waals surface area contributed by atoms with Gasteiger partial charge < -0.3 is 19.6 Å². The lowest BCUT2D eigenvalue weighted by Gasteiger charge is -2.38. The number of methoxy groups -OCH3 is 1. The Morgan fingerprint density at radius 1 is 1.32 bits per heavy atom. The molecule has 1 amide bonds. The van der Waals surface area contributed by atoms with E-state index >= 15 is 0 Å². The van der Waals surface area contributed by atoms with Crippen molar-refractivity contribution in [2.24, 2.45) is 0 Å². The van der Waals surface area contributed by atoms with Crippen molar-refractivity contribution in [1.82, 2.24) is 10.2 Å². The lowest BCUT2D eigenvalue weighted by Crippen LogP contribution is -2.46. The van der Waals surface area contributed by atoms with Crippen LogP contribution in [0.3, 0.4) is 0 Å². The SMILES string of the molecule is COc1cccc(C2(O)CCN(CC(=O)NCc3ccco3)CC2)c1. The molecule has 6 nitrogen and oxygen atoms in total. The van der Waals surface area contributed by atoms with Crippen molar-refractivity contribution in [2.75, 3.05) is 26.7 Å². The van der Waals surface area contributed by atoms with Crippen molar-refractivity contribution in [3.8, 4) is 5.75 Å². The smallest absolute Gasteiger partial charge is 0.234 e. The zero-order chi connectivity index (χ0) is 17.7. The van der Waals surface area contributed by atoms with Crippen LogP contribution < -0.4 is 10.1 Å². The Labute approximate surface area is 147 Å². The number of amides is 1. The van der Waals surface area contributed by atoms with Crippen LogP contribution in [0.1, 0.15) is 24.2 Å². The molecule has 2 aromatic rings. The molecule has 0 radical (unpaired) electrons. The highest BCUT2D eigenvalue weighted by Crippen LogP contribution is 2.34. The maximum absolute atomic E-state index is 12.0. The molecule has 1 fully saturated rings. The zero-order valence-corrected chi connectivity index (χ0v) is 14.4. The Bertz CT molecular complexity index is 691. The first-order valence-corrected chi connectivity index (χ1v) is 8.47. The number of aliphatic hydroxyl groups is 1. The van der Waals surface area contributed by atoms with Crippen LogP contribution in [0.15, 0.2) is 47.1 Å². The van der Waals surface area contributed by atoms with Crippen LogP contribution in [0.5, 0.6) is 5.75 Å². The summed E-state index contributed by atoms with van der Waals surface area (Å²) in [6.45, 7) is 2.06. The van der Waals surface area contributed by atoms with Gasteiger partial charge in [-0.3, -0.25) is 9.69 Å². The van der Waals surface area contributed by atoms with Crippen molar-refractivity contribution >= 4 is 5.91 Å². The molecule has 6 heteroatoms. The molecule has 0 spiro atoms. The summed E-state index contributed by atoms with van der Waals surface area (Å²) < 4.78 is 10.4. The second kappa shape index (κ2) is 7.72. The van der Waals surface area contributed by atoms with E-state index in [9.17, 15) is 9.90 Å². The molecule has 0 atom stereocenters. The molecule has 0 unspecified atom stereocenters. The number of hydrogen-bond donors (Lipinski definition) is 2. The Morgan fingerprint density at radius 3 is 2.80 bits per heavy atom. The van der Waals surface area contributed by atoms with Crippen LogP contribution >= 0.6 is 0 Å². The van der Waals surface area contributed by atoms with E-state index in [0.29, 0.717) is 39.0 Å². The Balaban J connectivity index is 1.50. The molecule has 1 aliphatic heterocycles. The minimum atomic E-state index is -0.865. The Morgan fingerprint density at radius 2 is 2.12 bits per heavy atom. The van der Waals surface area contributed by atoms with Crippen LogP contribution in [0, 0.1) is 0 Å². The number of hydrogen-bond acceptors (Lipinski definition) is 5. The second-order valence-electron chi connectivity index (χ2n) is 6.40. The molecular weight excluding hydrogens is 320 g/mol. The molecular formula is C19H24N2O4. The molecule has 0 bridgehead atoms. The highest BCUT2D eigenvalue weighted by molar-refractivity contribution is 5.77. The van der Waals surface area contributed by atoms with Gasteiger partial charge in [0.15, 0.2) is 0 Å². The summed E-state index contributed by atoms with van der Waals surface area (Å²) in [5.41, 5.74) is 0.00384. The van der Waals surface area contributed by atoms with Gasteiger partial charge >= 0.3 is 0 Å². The average Bonchev–Trinajstić information content (AvgIpc) is 3.16. The van der Waals surface area contributed by atoms with Crippen LogP contribution in [-0.4, -0.2) is 42.7 Å². The fraction of sp³-hybridized carbons (Fsp3) is 0.421. The minimum absolute atomic E-state index is 0.0387. The molecule has 0 aliphatic carbocycles. The first kappa shape index (κ1) is 17.5. The third-order valence-corrected chi connectivity index (χ3v) is 4.70. The number of carbonyl (C=O) groups is 1. The van der Waals surface area contributed by atoms with E-state index in [0.717, 1.165) is 17.1 Å². The van der Waals surface area contributed by atoms with E-state index in [2.05, 4.69) is 10.2 Å². The van der Waals surface area contributed by atoms with Gasteiger partial charge in [-0.1, -0.05) is 12.1 Å². The van der Waals surface area contributed by atoms with Crippen molar-refractivity contribution in [3.63, 3.8) is 0 Å². The number of ether oxygens (including phenoxy) is 1. The summed E-state index contributed by atoms with van der Waals surface area (Å²) in [6.07, 6.45) is 2.77. The third-order valence-electron chi connectivity index (χ3n) is 4.70. The summed E-state index contributed by atoms with van der Waals surface area (Å²) in [5.74, 6) is 1.44. The largest absolute Gasteiger partial charge is 0.497 e. The van der Waals surface area contributed by atoms with Crippen LogP contribution in [0.4, 0.5) is 0 Å². The third kappa shape index (κ3) is 4.41. The number of rotatable bonds is 6. The molecule has 1 saturated heterocycles. The number of nitrogens with zero attached hydrogens (tertiary/aromatic N) is 1. The molecule has 2 heterocycles. The normalized spacial score (nSPS) is 17.2. The van der Waals surface area contributed by atoms with E-state index in [1.165, 1.54) is 0 Å². The topological polar surface area (TPSA) is 74.9 Å². The van der Waals surface area contributed by atoms with E-state index in [1.54, 1.807) is 19.4 Å². The lowest BCUT2D eigenvalue weighted by atomic mass is 9.84. The fourth-order valence-corrected chi connectivity index (χ4v) is 3.14. The van der Waals surface area contributed by atoms with Gasteiger partial charge in [-0.25, -0.2) is 0 Å². The van der Waals surface area contributed by atoms with E-state index < -0.39 is 5.60 Å². The fourth-order valence-electron chi connectivity index (χ4n) is 3.14. The van der Waals surface area contributed by atoms with Gasteiger partial charge in [0.2, 0.25) is 5.91 Å². The van der Waals surface area contributed by atoms with Crippen molar-refractivity contribution in [2.45, 2.75) is 25.0 Å². The molecule has 1 aromatic carbocycles. The average molecular weight is 344 g/mol. The number of carbonyl (C=O) groups excluding carboxylic acids is 1. The van der Waals surface area contributed by atoms with Crippen LogP contribution in [0.25, 0.3) is 0 Å². The van der Waals surface area contributed by atoms with Crippen molar-refractivity contribution in [3.05, 3.63) is 54.0 Å². The number of benzene rings is 1. The van der Waals surface area contributed by atoms with E-state index in [-0.39, 0.29) is 5.91 Å². The summed E-state index contributed by atoms with van der Waals surface area (Å²) in [5, 5.41) is 13.8. The zero-order valence-electron chi connectivity index (χ0n) is 14.4. The Kier molecular flexibility index (Phi) is 5.40. The molecule has 1 aliphatic rings. The van der Waals surface area contributed by atoms with Gasteiger partial charge in [0.05, 0.1) is 32.1 Å². The number of nitrogens with one attached hydrogen (secondary N) is 1. The van der Waals surface area contributed by atoms with Crippen molar-refractivity contribution in [1.29, 1.82) is 0 Å². The molecule has 134 valence electrons. The van der Waals surface area contributed by atoms with Gasteiger partial charge in [-0.15, -0.1) is 0 Å². The first-order valence-electron chi connectivity index (χ1n) is 8.47.